The van der Waals surface area contributed by atoms with Crippen LogP contribution in [0, 0.1) is 19.8 Å². The summed E-state index contributed by atoms with van der Waals surface area (Å²) in [7, 11) is -3.61. The Labute approximate surface area is 149 Å². The Hall–Kier alpha value is -1.41. The van der Waals surface area contributed by atoms with E-state index in [1.54, 1.807) is 13.8 Å². The number of hydrogen-bond donors (Lipinski definition) is 0. The van der Waals surface area contributed by atoms with E-state index < -0.39 is 10.0 Å². The highest BCUT2D eigenvalue weighted by molar-refractivity contribution is 7.89. The molecule has 3 heterocycles. The van der Waals surface area contributed by atoms with Crippen LogP contribution >= 0.6 is 0 Å². The number of piperidine rings is 2. The molecule has 0 saturated carbocycles. The van der Waals surface area contributed by atoms with Crippen LogP contribution in [0.15, 0.2) is 9.42 Å². The van der Waals surface area contributed by atoms with Crippen LogP contribution < -0.4 is 0 Å². The first-order valence-corrected chi connectivity index (χ1v) is 10.5. The number of carbonyl (C=O) groups is 1. The Kier molecular flexibility index (Phi) is 5.20. The van der Waals surface area contributed by atoms with Crippen molar-refractivity contribution in [1.29, 1.82) is 0 Å². The van der Waals surface area contributed by atoms with Crippen molar-refractivity contribution < 1.29 is 17.7 Å². The molecular formula is C17H27N3O4S. The molecular weight excluding hydrogens is 342 g/mol. The molecule has 8 heteroatoms. The van der Waals surface area contributed by atoms with Crippen molar-refractivity contribution in [3.63, 3.8) is 0 Å². The van der Waals surface area contributed by atoms with Crippen LogP contribution in [0.4, 0.5) is 0 Å². The molecule has 0 N–H and O–H groups in total. The Bertz CT molecular complexity index is 716. The second-order valence-electron chi connectivity index (χ2n) is 7.21. The van der Waals surface area contributed by atoms with Crippen molar-refractivity contribution in [2.24, 2.45) is 5.92 Å². The van der Waals surface area contributed by atoms with Gasteiger partial charge in [0.2, 0.25) is 15.9 Å². The van der Waals surface area contributed by atoms with Gasteiger partial charge in [0, 0.05) is 31.6 Å². The average Bonchev–Trinajstić information content (AvgIpc) is 2.94. The first-order chi connectivity index (χ1) is 11.8. The molecule has 0 spiro atoms. The largest absolute Gasteiger partial charge is 0.360 e. The van der Waals surface area contributed by atoms with E-state index in [9.17, 15) is 13.2 Å². The van der Waals surface area contributed by atoms with Gasteiger partial charge in [-0.15, -0.1) is 0 Å². The number of aromatic nitrogens is 1. The van der Waals surface area contributed by atoms with E-state index in [2.05, 4.69) is 12.1 Å². The Morgan fingerprint density at radius 2 is 1.80 bits per heavy atom. The van der Waals surface area contributed by atoms with Crippen molar-refractivity contribution in [1.82, 2.24) is 14.4 Å². The third-order valence-electron chi connectivity index (χ3n) is 5.45. The zero-order valence-electron chi connectivity index (χ0n) is 15.2. The average molecular weight is 369 g/mol. The van der Waals surface area contributed by atoms with Crippen LogP contribution in [0.25, 0.3) is 0 Å². The van der Waals surface area contributed by atoms with E-state index in [1.165, 1.54) is 10.7 Å². The molecule has 2 aliphatic heterocycles. The minimum Gasteiger partial charge on any atom is -0.360 e. The summed E-state index contributed by atoms with van der Waals surface area (Å²) in [5, 5.41) is 3.75. The minimum atomic E-state index is -3.61. The smallest absolute Gasteiger partial charge is 0.248 e. The Morgan fingerprint density at radius 3 is 2.36 bits per heavy atom. The fraction of sp³-hybridized carbons (Fsp3) is 0.765. The van der Waals surface area contributed by atoms with Gasteiger partial charge in [0.05, 0.1) is 0 Å². The van der Waals surface area contributed by atoms with E-state index in [0.29, 0.717) is 43.4 Å². The van der Waals surface area contributed by atoms with Gasteiger partial charge in [0.25, 0.3) is 0 Å². The topological polar surface area (TPSA) is 83.7 Å². The van der Waals surface area contributed by atoms with Gasteiger partial charge in [0.15, 0.2) is 5.76 Å². The molecule has 1 amide bonds. The quantitative estimate of drug-likeness (QED) is 0.815. The van der Waals surface area contributed by atoms with E-state index in [1.807, 2.05) is 4.90 Å². The highest BCUT2D eigenvalue weighted by Gasteiger charge is 2.37. The first-order valence-electron chi connectivity index (χ1n) is 9.06. The summed E-state index contributed by atoms with van der Waals surface area (Å²) in [5.74, 6) is 0.441. The van der Waals surface area contributed by atoms with Crippen LogP contribution in [-0.4, -0.2) is 54.4 Å². The molecule has 25 heavy (non-hydrogen) atoms. The lowest BCUT2D eigenvalue weighted by Gasteiger charge is -2.38. The molecule has 140 valence electrons. The Morgan fingerprint density at radius 1 is 1.12 bits per heavy atom. The zero-order chi connectivity index (χ0) is 18.2. The van der Waals surface area contributed by atoms with Gasteiger partial charge in [-0.2, -0.15) is 4.31 Å². The summed E-state index contributed by atoms with van der Waals surface area (Å²) in [4.78, 5) is 15.0. The third kappa shape index (κ3) is 3.46. The number of aryl methyl sites for hydroxylation is 2. The van der Waals surface area contributed by atoms with Crippen molar-refractivity contribution in [3.05, 3.63) is 11.5 Å². The number of amides is 1. The maximum Gasteiger partial charge on any atom is 0.248 e. The van der Waals surface area contributed by atoms with Gasteiger partial charge in [-0.25, -0.2) is 8.42 Å². The molecule has 2 saturated heterocycles. The van der Waals surface area contributed by atoms with Crippen molar-refractivity contribution >= 4 is 15.9 Å². The number of carbonyl (C=O) groups excluding carboxylic acids is 1. The van der Waals surface area contributed by atoms with E-state index >= 15 is 0 Å². The van der Waals surface area contributed by atoms with Crippen molar-refractivity contribution in [3.8, 4) is 0 Å². The van der Waals surface area contributed by atoms with Crippen LogP contribution in [0.2, 0.25) is 0 Å². The van der Waals surface area contributed by atoms with Gasteiger partial charge < -0.3 is 9.42 Å². The highest BCUT2D eigenvalue weighted by atomic mass is 32.2. The number of nitrogens with zero attached hydrogens (tertiary/aromatic N) is 3. The van der Waals surface area contributed by atoms with E-state index in [-0.39, 0.29) is 16.7 Å². The second-order valence-corrected chi connectivity index (χ2v) is 9.08. The number of rotatable bonds is 3. The lowest BCUT2D eigenvalue weighted by molar-refractivity contribution is -0.140. The highest BCUT2D eigenvalue weighted by Crippen LogP contribution is 2.29. The third-order valence-corrected chi connectivity index (χ3v) is 7.60. The summed E-state index contributed by atoms with van der Waals surface area (Å²) in [6.07, 6.45) is 4.45. The molecule has 0 bridgehead atoms. The van der Waals surface area contributed by atoms with Gasteiger partial charge in [0.1, 0.15) is 10.6 Å². The van der Waals surface area contributed by atoms with E-state index in [4.69, 9.17) is 4.52 Å². The molecule has 0 radical (unpaired) electrons. The monoisotopic (exact) mass is 369 g/mol. The fourth-order valence-corrected chi connectivity index (χ4v) is 5.74. The molecule has 2 aliphatic rings. The van der Waals surface area contributed by atoms with Gasteiger partial charge >= 0.3 is 0 Å². The maximum absolute atomic E-state index is 12.9. The molecule has 0 aliphatic carbocycles. The van der Waals surface area contributed by atoms with Crippen LogP contribution in [0.5, 0.6) is 0 Å². The van der Waals surface area contributed by atoms with Gasteiger partial charge in [-0.1, -0.05) is 5.16 Å². The summed E-state index contributed by atoms with van der Waals surface area (Å²) < 4.78 is 32.2. The molecule has 3 rings (SSSR count). The molecule has 1 unspecified atom stereocenters. The predicted molar refractivity (Wildman–Crippen MR) is 92.5 cm³/mol. The zero-order valence-corrected chi connectivity index (χ0v) is 16.0. The lowest BCUT2D eigenvalue weighted by atomic mass is 9.94. The Balaban J connectivity index is 1.66. The summed E-state index contributed by atoms with van der Waals surface area (Å²) >= 11 is 0. The SMILES string of the molecule is Cc1noc(C)c1S(=O)(=O)N1CCC(C(=O)N2CCCCC2C)CC1. The summed E-state index contributed by atoms with van der Waals surface area (Å²) in [6, 6.07) is 0.297. The van der Waals surface area contributed by atoms with Crippen LogP contribution in [0.1, 0.15) is 50.5 Å². The lowest BCUT2D eigenvalue weighted by Crippen LogP contribution is -2.48. The minimum absolute atomic E-state index is 0.0725. The van der Waals surface area contributed by atoms with Crippen molar-refractivity contribution in [2.45, 2.75) is 63.8 Å². The maximum atomic E-state index is 12.9. The van der Waals surface area contributed by atoms with Crippen LogP contribution in [-0.2, 0) is 14.8 Å². The number of likely N-dealkylation sites (tertiary alicyclic amines) is 1. The second kappa shape index (κ2) is 7.07. The predicted octanol–water partition coefficient (Wildman–Crippen LogP) is 2.09. The normalized spacial score (nSPS) is 23.8. The van der Waals surface area contributed by atoms with Crippen molar-refractivity contribution in [2.75, 3.05) is 19.6 Å². The fourth-order valence-electron chi connectivity index (χ4n) is 3.98. The molecule has 1 aromatic heterocycles. The molecule has 2 fully saturated rings. The van der Waals surface area contributed by atoms with Gasteiger partial charge in [-0.05, 0) is 52.9 Å². The first kappa shape index (κ1) is 18.4. The summed E-state index contributed by atoms with van der Waals surface area (Å²) in [5.41, 5.74) is 0.387. The standard InChI is InChI=1S/C17H27N3O4S/c1-12-6-4-5-9-20(12)17(21)15-7-10-19(11-8-15)25(22,23)16-13(2)18-24-14(16)3/h12,15H,4-11H2,1-3H3. The summed E-state index contributed by atoms with van der Waals surface area (Å²) in [6.45, 7) is 6.92. The molecule has 1 atom stereocenters. The number of hydrogen-bond acceptors (Lipinski definition) is 5. The molecule has 1 aromatic rings. The van der Waals surface area contributed by atoms with Crippen LogP contribution in [0.3, 0.4) is 0 Å². The number of sulfonamides is 1. The van der Waals surface area contributed by atoms with Gasteiger partial charge in [-0.3, -0.25) is 4.79 Å². The molecule has 7 nitrogen and oxygen atoms in total. The van der Waals surface area contributed by atoms with E-state index in [0.717, 1.165) is 19.4 Å². The molecule has 0 aromatic carbocycles.